The van der Waals surface area contributed by atoms with Gasteiger partial charge in [-0.3, -0.25) is 10.1 Å². The van der Waals surface area contributed by atoms with Gasteiger partial charge < -0.3 is 19.4 Å². The minimum Gasteiger partial charge on any atom is -0.511 e. The molecule has 0 fully saturated rings. The molecule has 2 unspecified atom stereocenters. The Bertz CT molecular complexity index is 1560. The van der Waals surface area contributed by atoms with Crippen LogP contribution < -0.4 is 14.8 Å². The third kappa shape index (κ3) is 12.1. The van der Waals surface area contributed by atoms with Crippen molar-refractivity contribution in [1.82, 2.24) is 19.7 Å². The standard InChI is InChI=1S/C17H29NO3S.C12H13N5O6S2/c1-5-8-14(18-21-6-2)17-15(19)10-13(11-16(17)20)9-12(4)22-7-3;1-6-13-10(16-12(14-6)23-3)15-11(19)17-25(20,21)7-4-5-24-8(7)9(18)22-2/h12-13,19H,5-11H2,1-4H3;4-5H,1-3H3,(H2,13,14,15,16,17,19). The van der Waals surface area contributed by atoms with Crippen molar-refractivity contribution in [2.45, 2.75) is 76.9 Å². The van der Waals surface area contributed by atoms with Gasteiger partial charge in [0.2, 0.25) is 5.95 Å². The fourth-order valence-electron chi connectivity index (χ4n) is 4.54. The number of Topliss-reactive ketones (excluding diaryl/α,β-unsaturated/α-hetero) is 1. The molecule has 15 nitrogen and oxygen atoms in total. The van der Waals surface area contributed by atoms with E-state index in [1.807, 2.05) is 25.6 Å². The summed E-state index contributed by atoms with van der Waals surface area (Å²) >= 11 is 2.77. The van der Waals surface area contributed by atoms with E-state index >= 15 is 0 Å². The van der Waals surface area contributed by atoms with E-state index in [-0.39, 0.29) is 45.0 Å². The molecule has 2 aromatic heterocycles. The van der Waals surface area contributed by atoms with Gasteiger partial charge in [-0.05, 0) is 49.8 Å². The van der Waals surface area contributed by atoms with Gasteiger partial charge in [0.1, 0.15) is 28.0 Å². The van der Waals surface area contributed by atoms with Crippen molar-refractivity contribution in [3.05, 3.63) is 33.5 Å². The summed E-state index contributed by atoms with van der Waals surface area (Å²) in [5.41, 5.74) is 1.00. The first-order valence-corrected chi connectivity index (χ1v) is 18.2. The number of nitrogens with one attached hydrogen (secondary N) is 2. The fourth-order valence-corrected chi connectivity index (χ4v) is 7.76. The zero-order chi connectivity index (χ0) is 35.1. The van der Waals surface area contributed by atoms with E-state index in [1.165, 1.54) is 25.5 Å². The van der Waals surface area contributed by atoms with Crippen LogP contribution in [0.3, 0.4) is 0 Å². The van der Waals surface area contributed by atoms with Crippen molar-refractivity contribution < 1.29 is 42.2 Å². The smallest absolute Gasteiger partial charge is 0.349 e. The molecule has 0 bridgehead atoms. The second-order valence-electron chi connectivity index (χ2n) is 10.1. The van der Waals surface area contributed by atoms with Crippen LogP contribution >= 0.6 is 23.1 Å². The molecule has 2 heterocycles. The van der Waals surface area contributed by atoms with Gasteiger partial charge in [0.15, 0.2) is 5.78 Å². The maximum atomic E-state index is 12.5. The lowest BCUT2D eigenvalue weighted by Crippen LogP contribution is -2.35. The number of amides is 2. The average molecular weight is 715 g/mol. The first kappa shape index (κ1) is 39.4. The van der Waals surface area contributed by atoms with Gasteiger partial charge in [-0.25, -0.2) is 22.7 Å². The molecule has 0 spiro atoms. The van der Waals surface area contributed by atoms with Crippen LogP contribution in [0.2, 0.25) is 0 Å². The Kier molecular flexibility index (Phi) is 16.1. The number of ketones is 1. The molecule has 1 aliphatic carbocycles. The third-order valence-corrected chi connectivity index (χ3v) is 9.86. The molecule has 0 radical (unpaired) electrons. The minimum absolute atomic E-state index is 0.00866. The predicted molar refractivity (Wildman–Crippen MR) is 180 cm³/mol. The molecule has 3 N–H and O–H groups in total. The van der Waals surface area contributed by atoms with Crippen LogP contribution in [0.1, 0.15) is 75.3 Å². The van der Waals surface area contributed by atoms with Crippen LogP contribution in [0.4, 0.5) is 10.7 Å². The number of carbonyl (C=O) groups excluding carboxylic acids is 3. The molecule has 1 aliphatic rings. The monoisotopic (exact) mass is 714 g/mol. The number of nitrogens with zero attached hydrogens (tertiary/aromatic N) is 4. The average Bonchev–Trinajstić information content (AvgIpc) is 3.50. The summed E-state index contributed by atoms with van der Waals surface area (Å²) < 4.78 is 35.6. The van der Waals surface area contributed by atoms with E-state index < -0.39 is 22.0 Å². The number of hydrogen-bond acceptors (Lipinski definition) is 15. The molecule has 2 atom stereocenters. The summed E-state index contributed by atoms with van der Waals surface area (Å²) in [6, 6.07) is 0.0222. The number of anilines is 1. The number of thioether (sulfide) groups is 1. The van der Waals surface area contributed by atoms with Crippen molar-refractivity contribution in [2.24, 2.45) is 11.1 Å². The number of aliphatic hydroxyl groups is 1. The fraction of sp³-hybridized carbons (Fsp3) is 0.552. The summed E-state index contributed by atoms with van der Waals surface area (Å²) in [5, 5.41) is 18.5. The highest BCUT2D eigenvalue weighted by molar-refractivity contribution is 7.99. The summed E-state index contributed by atoms with van der Waals surface area (Å²) in [6.07, 6.45) is 3.56. The van der Waals surface area contributed by atoms with E-state index in [1.54, 1.807) is 4.72 Å². The molecule has 0 aliphatic heterocycles. The number of rotatable bonds is 14. The van der Waals surface area contributed by atoms with E-state index in [4.69, 9.17) is 9.57 Å². The zero-order valence-electron chi connectivity index (χ0n) is 27.5. The van der Waals surface area contributed by atoms with Gasteiger partial charge in [0, 0.05) is 18.1 Å². The number of urea groups is 1. The zero-order valence-corrected chi connectivity index (χ0v) is 29.9. The number of ether oxygens (including phenoxy) is 2. The number of carbonyl (C=O) groups is 3. The molecule has 47 heavy (non-hydrogen) atoms. The Labute approximate surface area is 283 Å². The van der Waals surface area contributed by atoms with Crippen LogP contribution in [-0.2, 0) is 24.4 Å². The highest BCUT2D eigenvalue weighted by Crippen LogP contribution is 2.33. The van der Waals surface area contributed by atoms with Crippen LogP contribution in [-0.4, -0.2) is 83.8 Å². The van der Waals surface area contributed by atoms with E-state index in [0.29, 0.717) is 42.4 Å². The maximum Gasteiger partial charge on any atom is 0.349 e. The van der Waals surface area contributed by atoms with E-state index in [0.717, 1.165) is 37.0 Å². The number of sulfonamides is 1. The first-order chi connectivity index (χ1) is 22.3. The van der Waals surface area contributed by atoms with E-state index in [2.05, 4.69) is 44.0 Å². The molecular weight excluding hydrogens is 673 g/mol. The topological polar surface area (TPSA) is 208 Å². The normalized spacial score (nSPS) is 15.7. The number of thiophene rings is 1. The second kappa shape index (κ2) is 19.1. The van der Waals surface area contributed by atoms with Gasteiger partial charge in [0.25, 0.3) is 10.0 Å². The van der Waals surface area contributed by atoms with Gasteiger partial charge >= 0.3 is 18.0 Å². The third-order valence-electron chi connectivity index (χ3n) is 6.37. The number of esters is 1. The Morgan fingerprint density at radius 3 is 2.51 bits per heavy atom. The quantitative estimate of drug-likeness (QED) is 0.133. The Balaban J connectivity index is 0.000000330. The van der Waals surface area contributed by atoms with Crippen molar-refractivity contribution in [1.29, 1.82) is 0 Å². The highest BCUT2D eigenvalue weighted by atomic mass is 32.2. The molecule has 2 aromatic rings. The lowest BCUT2D eigenvalue weighted by atomic mass is 9.82. The van der Waals surface area contributed by atoms with Gasteiger partial charge in [-0.1, -0.05) is 32.3 Å². The van der Waals surface area contributed by atoms with Gasteiger partial charge in [-0.15, -0.1) is 11.3 Å². The molecule has 0 aromatic carbocycles. The lowest BCUT2D eigenvalue weighted by Gasteiger charge is -2.25. The number of aryl methyl sites for hydroxylation is 1. The van der Waals surface area contributed by atoms with Gasteiger partial charge in [0.05, 0.1) is 25.5 Å². The van der Waals surface area contributed by atoms with Crippen LogP contribution in [0, 0.1) is 12.8 Å². The first-order valence-electron chi connectivity index (χ1n) is 14.8. The molecule has 0 saturated carbocycles. The highest BCUT2D eigenvalue weighted by Gasteiger charge is 2.31. The van der Waals surface area contributed by atoms with Crippen molar-refractivity contribution in [2.75, 3.05) is 31.9 Å². The number of aromatic nitrogens is 3. The number of methoxy groups -OCH3 is 2. The Morgan fingerprint density at radius 1 is 1.19 bits per heavy atom. The molecular formula is C29H42N6O9S3. The molecule has 260 valence electrons. The number of hydrogen-bond donors (Lipinski definition) is 3. The molecule has 0 saturated heterocycles. The van der Waals surface area contributed by atoms with Crippen LogP contribution in [0.5, 0.6) is 6.01 Å². The largest absolute Gasteiger partial charge is 0.511 e. The predicted octanol–water partition coefficient (Wildman–Crippen LogP) is 5.05. The Hall–Kier alpha value is -3.77. The molecule has 3 rings (SSSR count). The molecule has 18 heteroatoms. The maximum absolute atomic E-state index is 12.5. The van der Waals surface area contributed by atoms with Gasteiger partial charge in [-0.2, -0.15) is 26.7 Å². The Morgan fingerprint density at radius 2 is 1.91 bits per heavy atom. The molecule has 2 amide bonds. The summed E-state index contributed by atoms with van der Waals surface area (Å²) in [6.45, 7) is 10.2. The van der Waals surface area contributed by atoms with Crippen molar-refractivity contribution >= 4 is 62.6 Å². The SMILES string of the molecule is CCCC(=NOCC)C1=C(O)CC(CC(C)SCC)CC1=O.COC(=O)c1sccc1S(=O)(=O)NC(=O)Nc1nc(C)nc(OC)n1. The minimum atomic E-state index is -4.30. The summed E-state index contributed by atoms with van der Waals surface area (Å²) in [5.74, 6) is 0.757. The summed E-state index contributed by atoms with van der Waals surface area (Å²) in [4.78, 5) is 52.0. The van der Waals surface area contributed by atoms with Crippen molar-refractivity contribution in [3.8, 4) is 6.01 Å². The van der Waals surface area contributed by atoms with E-state index in [9.17, 15) is 27.9 Å². The summed E-state index contributed by atoms with van der Waals surface area (Å²) in [7, 11) is -1.86. The number of oxime groups is 1. The van der Waals surface area contributed by atoms with Crippen molar-refractivity contribution in [3.63, 3.8) is 0 Å². The second-order valence-corrected chi connectivity index (χ2v) is 14.4. The number of allylic oxidation sites excluding steroid dienone is 2. The lowest BCUT2D eigenvalue weighted by molar-refractivity contribution is -0.116. The van der Waals surface area contributed by atoms with Crippen LogP contribution in [0.25, 0.3) is 0 Å². The number of aliphatic hydroxyl groups excluding tert-OH is 1. The van der Waals surface area contributed by atoms with Crippen LogP contribution in [0.15, 0.2) is 32.8 Å².